The molecule has 0 heterocycles. The second-order valence-electron chi connectivity index (χ2n) is 3.70. The standard InChI is InChI=1S/C10H21NO4/c1-8(2)9(10(13)14)11-4-3-6-15-7-5-12/h8-9,11-12H,3-7H2,1-2H3,(H,13,14). The SMILES string of the molecule is CC(C)C(NCCCOCCO)C(=O)O. The lowest BCUT2D eigenvalue weighted by molar-refractivity contribution is -0.140. The molecule has 0 saturated heterocycles. The molecule has 5 nitrogen and oxygen atoms in total. The number of carbonyl (C=O) groups is 1. The van der Waals surface area contributed by atoms with Crippen LogP contribution in [0.1, 0.15) is 20.3 Å². The van der Waals surface area contributed by atoms with Gasteiger partial charge < -0.3 is 20.3 Å². The summed E-state index contributed by atoms with van der Waals surface area (Å²) in [5, 5.41) is 20.2. The van der Waals surface area contributed by atoms with Gasteiger partial charge in [-0.15, -0.1) is 0 Å². The Bertz CT molecular complexity index is 173. The van der Waals surface area contributed by atoms with Gasteiger partial charge >= 0.3 is 5.97 Å². The van der Waals surface area contributed by atoms with Gasteiger partial charge in [0.1, 0.15) is 6.04 Å². The fourth-order valence-electron chi connectivity index (χ4n) is 1.21. The van der Waals surface area contributed by atoms with E-state index in [0.717, 1.165) is 6.42 Å². The van der Waals surface area contributed by atoms with Gasteiger partial charge in [0, 0.05) is 6.61 Å². The van der Waals surface area contributed by atoms with Crippen LogP contribution >= 0.6 is 0 Å². The molecule has 0 bridgehead atoms. The predicted molar refractivity (Wildman–Crippen MR) is 56.8 cm³/mol. The molecule has 0 aliphatic rings. The van der Waals surface area contributed by atoms with E-state index in [-0.39, 0.29) is 12.5 Å². The van der Waals surface area contributed by atoms with Gasteiger partial charge in [0.25, 0.3) is 0 Å². The fraction of sp³-hybridized carbons (Fsp3) is 0.900. The number of hydrogen-bond donors (Lipinski definition) is 3. The molecule has 15 heavy (non-hydrogen) atoms. The van der Waals surface area contributed by atoms with Crippen LogP contribution in [0.15, 0.2) is 0 Å². The van der Waals surface area contributed by atoms with Crippen molar-refractivity contribution in [2.75, 3.05) is 26.4 Å². The molecular formula is C10H21NO4. The summed E-state index contributed by atoms with van der Waals surface area (Å²) >= 11 is 0. The Balaban J connectivity index is 3.50. The topological polar surface area (TPSA) is 78.8 Å². The molecule has 0 aliphatic carbocycles. The predicted octanol–water partition coefficient (Wildman–Crippen LogP) is 0.0842. The number of carboxylic acid groups (broad SMARTS) is 1. The number of rotatable bonds is 9. The lowest BCUT2D eigenvalue weighted by atomic mass is 10.0. The molecule has 0 radical (unpaired) electrons. The number of aliphatic hydroxyl groups is 1. The maximum atomic E-state index is 10.8. The van der Waals surface area contributed by atoms with Gasteiger partial charge in [-0.25, -0.2) is 0 Å². The molecule has 0 aliphatic heterocycles. The molecule has 0 saturated carbocycles. The molecule has 1 atom stereocenters. The minimum atomic E-state index is -0.818. The van der Waals surface area contributed by atoms with Crippen LogP contribution in [-0.2, 0) is 9.53 Å². The maximum Gasteiger partial charge on any atom is 0.320 e. The molecule has 90 valence electrons. The van der Waals surface area contributed by atoms with Gasteiger partial charge in [-0.2, -0.15) is 0 Å². The molecule has 0 spiro atoms. The average molecular weight is 219 g/mol. The minimum absolute atomic E-state index is 0.0250. The van der Waals surface area contributed by atoms with E-state index in [1.807, 2.05) is 13.8 Å². The minimum Gasteiger partial charge on any atom is -0.480 e. The normalized spacial score (nSPS) is 13.1. The van der Waals surface area contributed by atoms with Crippen molar-refractivity contribution in [1.29, 1.82) is 0 Å². The van der Waals surface area contributed by atoms with Crippen molar-refractivity contribution < 1.29 is 19.7 Å². The lowest BCUT2D eigenvalue weighted by Gasteiger charge is -2.17. The third-order valence-corrected chi connectivity index (χ3v) is 2.00. The zero-order chi connectivity index (χ0) is 11.7. The monoisotopic (exact) mass is 219 g/mol. The van der Waals surface area contributed by atoms with Crippen LogP contribution in [0.4, 0.5) is 0 Å². The molecule has 0 aromatic heterocycles. The van der Waals surface area contributed by atoms with Crippen molar-refractivity contribution >= 4 is 5.97 Å². The largest absolute Gasteiger partial charge is 0.480 e. The number of carboxylic acids is 1. The van der Waals surface area contributed by atoms with E-state index in [4.69, 9.17) is 14.9 Å². The summed E-state index contributed by atoms with van der Waals surface area (Å²) < 4.78 is 5.05. The Morgan fingerprint density at radius 2 is 2.07 bits per heavy atom. The van der Waals surface area contributed by atoms with Crippen LogP contribution in [0, 0.1) is 5.92 Å². The first kappa shape index (κ1) is 14.3. The van der Waals surface area contributed by atoms with Gasteiger partial charge in [0.2, 0.25) is 0 Å². The van der Waals surface area contributed by atoms with Crippen molar-refractivity contribution in [2.24, 2.45) is 5.92 Å². The van der Waals surface area contributed by atoms with E-state index >= 15 is 0 Å². The van der Waals surface area contributed by atoms with Crippen LogP contribution in [0.3, 0.4) is 0 Å². The van der Waals surface area contributed by atoms with E-state index in [2.05, 4.69) is 5.32 Å². The van der Waals surface area contributed by atoms with Crippen molar-refractivity contribution in [1.82, 2.24) is 5.32 Å². The molecule has 0 fully saturated rings. The molecule has 5 heteroatoms. The number of aliphatic hydroxyl groups excluding tert-OH is 1. The first-order valence-electron chi connectivity index (χ1n) is 5.24. The molecule has 0 rings (SSSR count). The van der Waals surface area contributed by atoms with Crippen molar-refractivity contribution in [2.45, 2.75) is 26.3 Å². The van der Waals surface area contributed by atoms with E-state index in [0.29, 0.717) is 19.8 Å². The molecule has 3 N–H and O–H groups in total. The maximum absolute atomic E-state index is 10.8. The van der Waals surface area contributed by atoms with Crippen molar-refractivity contribution in [3.05, 3.63) is 0 Å². The van der Waals surface area contributed by atoms with Gasteiger partial charge in [-0.1, -0.05) is 13.8 Å². The highest BCUT2D eigenvalue weighted by atomic mass is 16.5. The molecule has 0 amide bonds. The summed E-state index contributed by atoms with van der Waals surface area (Å²) in [6, 6.07) is -0.497. The van der Waals surface area contributed by atoms with Crippen molar-refractivity contribution in [3.63, 3.8) is 0 Å². The lowest BCUT2D eigenvalue weighted by Crippen LogP contribution is -2.41. The van der Waals surface area contributed by atoms with E-state index < -0.39 is 12.0 Å². The quantitative estimate of drug-likeness (QED) is 0.479. The van der Waals surface area contributed by atoms with Gasteiger partial charge in [-0.05, 0) is 18.9 Å². The highest BCUT2D eigenvalue weighted by molar-refractivity contribution is 5.73. The highest BCUT2D eigenvalue weighted by Gasteiger charge is 2.19. The zero-order valence-corrected chi connectivity index (χ0v) is 9.40. The first-order valence-corrected chi connectivity index (χ1v) is 5.24. The summed E-state index contributed by atoms with van der Waals surface area (Å²) in [6.07, 6.45) is 0.747. The van der Waals surface area contributed by atoms with E-state index in [1.165, 1.54) is 0 Å². The van der Waals surface area contributed by atoms with Crippen LogP contribution in [0.25, 0.3) is 0 Å². The third kappa shape index (κ3) is 7.30. The van der Waals surface area contributed by atoms with Gasteiger partial charge in [0.15, 0.2) is 0 Å². The van der Waals surface area contributed by atoms with Crippen molar-refractivity contribution in [3.8, 4) is 0 Å². The fourth-order valence-corrected chi connectivity index (χ4v) is 1.21. The molecule has 1 unspecified atom stereocenters. The van der Waals surface area contributed by atoms with Gasteiger partial charge in [0.05, 0.1) is 13.2 Å². The van der Waals surface area contributed by atoms with E-state index in [1.54, 1.807) is 0 Å². The summed E-state index contributed by atoms with van der Waals surface area (Å²) in [7, 11) is 0. The van der Waals surface area contributed by atoms with Crippen LogP contribution in [0.5, 0.6) is 0 Å². The molecular weight excluding hydrogens is 198 g/mol. The van der Waals surface area contributed by atoms with E-state index in [9.17, 15) is 4.79 Å². The Hall–Kier alpha value is -0.650. The number of hydrogen-bond acceptors (Lipinski definition) is 4. The average Bonchev–Trinajstić information content (AvgIpc) is 2.15. The Labute approximate surface area is 90.4 Å². The smallest absolute Gasteiger partial charge is 0.320 e. The number of aliphatic carboxylic acids is 1. The molecule has 0 aromatic carbocycles. The van der Waals surface area contributed by atoms with Crippen LogP contribution in [-0.4, -0.2) is 48.6 Å². The second kappa shape index (κ2) is 8.64. The Kier molecular flexibility index (Phi) is 8.27. The molecule has 0 aromatic rings. The zero-order valence-electron chi connectivity index (χ0n) is 9.40. The first-order chi connectivity index (χ1) is 7.09. The Morgan fingerprint density at radius 1 is 1.40 bits per heavy atom. The van der Waals surface area contributed by atoms with Crippen LogP contribution in [0.2, 0.25) is 0 Å². The summed E-state index contributed by atoms with van der Waals surface area (Å²) in [5.41, 5.74) is 0. The summed E-state index contributed by atoms with van der Waals surface area (Å²) in [6.45, 7) is 5.25. The number of nitrogens with one attached hydrogen (secondary N) is 1. The second-order valence-corrected chi connectivity index (χ2v) is 3.70. The third-order valence-electron chi connectivity index (χ3n) is 2.00. The summed E-state index contributed by atoms with van der Waals surface area (Å²) in [5.74, 6) is -0.748. The number of ether oxygens (including phenoxy) is 1. The summed E-state index contributed by atoms with van der Waals surface area (Å²) in [4.78, 5) is 10.8. The Morgan fingerprint density at radius 3 is 2.53 bits per heavy atom. The van der Waals surface area contributed by atoms with Gasteiger partial charge in [-0.3, -0.25) is 4.79 Å². The highest BCUT2D eigenvalue weighted by Crippen LogP contribution is 2.01. The van der Waals surface area contributed by atoms with Crippen LogP contribution < -0.4 is 5.32 Å².